The molecule has 0 saturated carbocycles. The Labute approximate surface area is 175 Å². The molecule has 0 amide bonds. The van der Waals surface area contributed by atoms with Crippen LogP contribution in [0, 0.1) is 6.92 Å². The lowest BCUT2D eigenvalue weighted by Crippen LogP contribution is -2.36. The van der Waals surface area contributed by atoms with E-state index >= 15 is 0 Å². The van der Waals surface area contributed by atoms with Gasteiger partial charge in [-0.05, 0) is 42.5 Å². The zero-order valence-corrected chi connectivity index (χ0v) is 17.2. The molecule has 9 heteroatoms. The molecule has 3 aromatic rings. The Morgan fingerprint density at radius 3 is 2.79 bits per heavy atom. The van der Waals surface area contributed by atoms with Crippen LogP contribution in [0.2, 0.25) is 5.28 Å². The quantitative estimate of drug-likeness (QED) is 0.481. The second-order valence-corrected chi connectivity index (χ2v) is 8.14. The largest absolute Gasteiger partial charge is 0.480 e. The molecule has 1 unspecified atom stereocenters. The summed E-state index contributed by atoms with van der Waals surface area (Å²) in [7, 11) is 0. The summed E-state index contributed by atoms with van der Waals surface area (Å²) < 4.78 is 5.46. The normalized spacial score (nSPS) is 16.3. The molecule has 1 aliphatic heterocycles. The van der Waals surface area contributed by atoms with Gasteiger partial charge in [0.1, 0.15) is 28.2 Å². The summed E-state index contributed by atoms with van der Waals surface area (Å²) in [4.78, 5) is 35.6. The number of carbonyl (C=O) groups excluding carboxylic acids is 1. The van der Waals surface area contributed by atoms with Gasteiger partial charge in [0.15, 0.2) is 0 Å². The van der Waals surface area contributed by atoms with Crippen LogP contribution >= 0.6 is 22.9 Å². The lowest BCUT2D eigenvalue weighted by Gasteiger charge is -2.23. The second kappa shape index (κ2) is 7.96. The van der Waals surface area contributed by atoms with Crippen molar-refractivity contribution in [1.82, 2.24) is 9.97 Å². The molecule has 1 aliphatic rings. The number of benzene rings is 1. The van der Waals surface area contributed by atoms with Crippen LogP contribution in [0.25, 0.3) is 10.2 Å². The van der Waals surface area contributed by atoms with Crippen LogP contribution in [-0.4, -0.2) is 39.6 Å². The third kappa shape index (κ3) is 3.77. The number of carboxylic acids is 1. The van der Waals surface area contributed by atoms with Gasteiger partial charge >= 0.3 is 11.9 Å². The van der Waals surface area contributed by atoms with Gasteiger partial charge in [0, 0.05) is 6.54 Å². The summed E-state index contributed by atoms with van der Waals surface area (Å²) in [5.74, 6) is -0.894. The van der Waals surface area contributed by atoms with E-state index in [0.717, 1.165) is 12.0 Å². The summed E-state index contributed by atoms with van der Waals surface area (Å²) in [5.41, 5.74) is 1.57. The standard InChI is InChI=1S/C20H18ClN3O4S/c1-11-14-16(24-9-5-8-13(24)18(25)26)22-20(21)23-17(14)29-15(11)19(27)28-10-12-6-3-2-4-7-12/h2-4,6-7,13H,5,8-10H2,1H3,(H,25,26). The van der Waals surface area contributed by atoms with Crippen LogP contribution in [0.3, 0.4) is 0 Å². The minimum absolute atomic E-state index is 0.0222. The van der Waals surface area contributed by atoms with Crippen LogP contribution in [0.15, 0.2) is 30.3 Å². The number of carboxylic acid groups (broad SMARTS) is 1. The molecule has 3 heterocycles. The third-order valence-electron chi connectivity index (χ3n) is 4.95. The number of ether oxygens (including phenoxy) is 1. The zero-order valence-electron chi connectivity index (χ0n) is 15.6. The molecule has 2 aromatic heterocycles. The first kappa shape index (κ1) is 19.6. The molecule has 7 nitrogen and oxygen atoms in total. The molecule has 1 saturated heterocycles. The SMILES string of the molecule is Cc1c(C(=O)OCc2ccccc2)sc2nc(Cl)nc(N3CCCC3C(=O)O)c12. The highest BCUT2D eigenvalue weighted by atomic mass is 35.5. The Morgan fingerprint density at radius 1 is 1.31 bits per heavy atom. The van der Waals surface area contributed by atoms with Crippen molar-refractivity contribution in [2.45, 2.75) is 32.4 Å². The highest BCUT2D eigenvalue weighted by Crippen LogP contribution is 2.39. The number of fused-ring (bicyclic) bond motifs is 1. The molecular formula is C20H18ClN3O4S. The van der Waals surface area contributed by atoms with E-state index in [1.165, 1.54) is 11.3 Å². The number of aryl methyl sites for hydroxylation is 1. The van der Waals surface area contributed by atoms with E-state index in [1.807, 2.05) is 30.3 Å². The molecule has 0 spiro atoms. The van der Waals surface area contributed by atoms with Gasteiger partial charge in [-0.3, -0.25) is 0 Å². The molecule has 150 valence electrons. The number of aromatic nitrogens is 2. The predicted molar refractivity (Wildman–Crippen MR) is 111 cm³/mol. The first-order valence-electron chi connectivity index (χ1n) is 9.13. The molecule has 4 rings (SSSR count). The topological polar surface area (TPSA) is 92.6 Å². The van der Waals surface area contributed by atoms with Gasteiger partial charge in [-0.1, -0.05) is 30.3 Å². The van der Waals surface area contributed by atoms with E-state index in [1.54, 1.807) is 11.8 Å². The van der Waals surface area contributed by atoms with Crippen LogP contribution < -0.4 is 4.90 Å². The molecule has 1 N–H and O–H groups in total. The Balaban J connectivity index is 1.70. The van der Waals surface area contributed by atoms with Crippen molar-refractivity contribution in [3.63, 3.8) is 0 Å². The van der Waals surface area contributed by atoms with Gasteiger partial charge in [0.2, 0.25) is 5.28 Å². The number of rotatable bonds is 5. The van der Waals surface area contributed by atoms with Gasteiger partial charge in [0.25, 0.3) is 0 Å². The van der Waals surface area contributed by atoms with Crippen molar-refractivity contribution in [3.05, 3.63) is 51.6 Å². The lowest BCUT2D eigenvalue weighted by molar-refractivity contribution is -0.138. The molecule has 1 fully saturated rings. The maximum Gasteiger partial charge on any atom is 0.349 e. The predicted octanol–water partition coefficient (Wildman–Crippen LogP) is 4.06. The number of aliphatic carboxylic acids is 1. The number of carbonyl (C=O) groups is 2. The fourth-order valence-corrected chi connectivity index (χ4v) is 4.84. The van der Waals surface area contributed by atoms with E-state index in [9.17, 15) is 14.7 Å². The molecular weight excluding hydrogens is 414 g/mol. The minimum atomic E-state index is -0.902. The van der Waals surface area contributed by atoms with Gasteiger partial charge in [-0.15, -0.1) is 11.3 Å². The van der Waals surface area contributed by atoms with Crippen molar-refractivity contribution in [3.8, 4) is 0 Å². The number of esters is 1. The molecule has 0 aliphatic carbocycles. The number of thiophene rings is 1. The number of nitrogens with zero attached hydrogens (tertiary/aromatic N) is 3. The van der Waals surface area contributed by atoms with E-state index < -0.39 is 18.0 Å². The number of hydrogen-bond donors (Lipinski definition) is 1. The van der Waals surface area contributed by atoms with E-state index in [4.69, 9.17) is 16.3 Å². The Bertz CT molecular complexity index is 1090. The van der Waals surface area contributed by atoms with Crippen LogP contribution in [0.5, 0.6) is 0 Å². The fraction of sp³-hybridized carbons (Fsp3) is 0.300. The second-order valence-electron chi connectivity index (χ2n) is 6.80. The van der Waals surface area contributed by atoms with Gasteiger partial charge in [-0.25, -0.2) is 14.6 Å². The monoisotopic (exact) mass is 431 g/mol. The van der Waals surface area contributed by atoms with Gasteiger partial charge in [-0.2, -0.15) is 4.98 Å². The molecule has 1 aromatic carbocycles. The Morgan fingerprint density at radius 2 is 2.07 bits per heavy atom. The smallest absolute Gasteiger partial charge is 0.349 e. The fourth-order valence-electron chi connectivity index (χ4n) is 3.56. The number of hydrogen-bond acceptors (Lipinski definition) is 7. The van der Waals surface area contributed by atoms with Crippen molar-refractivity contribution in [1.29, 1.82) is 0 Å². The average Bonchev–Trinajstić information content (AvgIpc) is 3.31. The maximum absolute atomic E-state index is 12.7. The van der Waals surface area contributed by atoms with Crippen LogP contribution in [-0.2, 0) is 16.1 Å². The van der Waals surface area contributed by atoms with E-state index in [-0.39, 0.29) is 11.9 Å². The van der Waals surface area contributed by atoms with Crippen molar-refractivity contribution >= 4 is 50.9 Å². The molecule has 1 atom stereocenters. The average molecular weight is 432 g/mol. The van der Waals surface area contributed by atoms with E-state index in [2.05, 4.69) is 9.97 Å². The Kier molecular flexibility index (Phi) is 5.38. The van der Waals surface area contributed by atoms with Crippen LogP contribution in [0.1, 0.15) is 33.6 Å². The third-order valence-corrected chi connectivity index (χ3v) is 6.29. The molecule has 0 radical (unpaired) electrons. The maximum atomic E-state index is 12.7. The zero-order chi connectivity index (χ0) is 20.5. The van der Waals surface area contributed by atoms with Gasteiger partial charge in [0.05, 0.1) is 5.39 Å². The summed E-state index contributed by atoms with van der Waals surface area (Å²) >= 11 is 7.29. The van der Waals surface area contributed by atoms with Gasteiger partial charge < -0.3 is 14.7 Å². The van der Waals surface area contributed by atoms with Crippen molar-refractivity contribution in [2.24, 2.45) is 0 Å². The number of halogens is 1. The van der Waals surface area contributed by atoms with Crippen molar-refractivity contribution in [2.75, 3.05) is 11.4 Å². The summed E-state index contributed by atoms with van der Waals surface area (Å²) in [6.45, 7) is 2.52. The molecule has 0 bridgehead atoms. The highest BCUT2D eigenvalue weighted by molar-refractivity contribution is 7.20. The number of anilines is 1. The summed E-state index contributed by atoms with van der Waals surface area (Å²) in [5, 5.41) is 10.2. The first-order valence-corrected chi connectivity index (χ1v) is 10.3. The first-order chi connectivity index (χ1) is 14.0. The summed E-state index contributed by atoms with van der Waals surface area (Å²) in [6.07, 6.45) is 1.28. The summed E-state index contributed by atoms with van der Waals surface area (Å²) in [6, 6.07) is 8.76. The minimum Gasteiger partial charge on any atom is -0.480 e. The lowest BCUT2D eigenvalue weighted by atomic mass is 10.1. The van der Waals surface area contributed by atoms with Crippen LogP contribution in [0.4, 0.5) is 5.82 Å². The van der Waals surface area contributed by atoms with Crippen molar-refractivity contribution < 1.29 is 19.4 Å². The Hall–Kier alpha value is -2.71. The highest BCUT2D eigenvalue weighted by Gasteiger charge is 2.34. The molecule has 29 heavy (non-hydrogen) atoms. The van der Waals surface area contributed by atoms with E-state index in [0.29, 0.717) is 39.4 Å².